The second kappa shape index (κ2) is 5.60. The van der Waals surface area contributed by atoms with Gasteiger partial charge in [-0.3, -0.25) is 9.79 Å². The van der Waals surface area contributed by atoms with E-state index in [1.54, 1.807) is 0 Å². The smallest absolute Gasteiger partial charge is 0.302 e. The number of esters is 1. The van der Waals surface area contributed by atoms with E-state index in [1.807, 2.05) is 24.3 Å². The third-order valence-corrected chi connectivity index (χ3v) is 4.92. The lowest BCUT2D eigenvalue weighted by atomic mass is 10.1. The molecule has 23 heavy (non-hydrogen) atoms. The number of rotatable bonds is 2. The lowest BCUT2D eigenvalue weighted by Gasteiger charge is -2.24. The maximum Gasteiger partial charge on any atom is 0.302 e. The van der Waals surface area contributed by atoms with E-state index in [4.69, 9.17) is 21.9 Å². The number of amidine groups is 1. The summed E-state index contributed by atoms with van der Waals surface area (Å²) in [6.45, 7) is 2.08. The van der Waals surface area contributed by atoms with Crippen molar-refractivity contribution >= 4 is 34.7 Å². The van der Waals surface area contributed by atoms with Crippen LogP contribution in [0.4, 0.5) is 5.69 Å². The Labute approximate surface area is 140 Å². The van der Waals surface area contributed by atoms with Gasteiger partial charge in [0.05, 0.1) is 18.6 Å². The third kappa shape index (κ3) is 2.83. The molecule has 0 unspecified atom stereocenters. The van der Waals surface area contributed by atoms with E-state index >= 15 is 0 Å². The molecular formula is C17H19N3O2S. The highest BCUT2D eigenvalue weighted by Crippen LogP contribution is 2.33. The number of thiocarbonyl (C=S) groups is 1. The highest BCUT2D eigenvalue weighted by Gasteiger charge is 2.41. The molecule has 2 aliphatic heterocycles. The van der Waals surface area contributed by atoms with Crippen LogP contribution in [0.1, 0.15) is 31.7 Å². The molecule has 1 aromatic rings. The minimum Gasteiger partial charge on any atom is -0.461 e. The van der Waals surface area contributed by atoms with Crippen LogP contribution in [0, 0.1) is 0 Å². The maximum atomic E-state index is 11.3. The first kappa shape index (κ1) is 14.6. The summed E-state index contributed by atoms with van der Waals surface area (Å²) in [4.78, 5) is 19.1. The summed E-state index contributed by atoms with van der Waals surface area (Å²) in [5.74, 6) is 0.710. The molecule has 0 spiro atoms. The van der Waals surface area contributed by atoms with Gasteiger partial charge in [0.25, 0.3) is 0 Å². The Morgan fingerprint density at radius 2 is 2.17 bits per heavy atom. The van der Waals surface area contributed by atoms with E-state index in [0.717, 1.165) is 41.3 Å². The number of hydrogen-bond acceptors (Lipinski definition) is 4. The number of hydrogen-bond donors (Lipinski definition) is 1. The molecule has 4 rings (SSSR count). The van der Waals surface area contributed by atoms with Crippen LogP contribution >= 0.6 is 12.2 Å². The molecule has 0 bridgehead atoms. The topological polar surface area (TPSA) is 53.9 Å². The molecule has 2 atom stereocenters. The molecule has 6 heteroatoms. The predicted molar refractivity (Wildman–Crippen MR) is 92.9 cm³/mol. The molecule has 1 aliphatic carbocycles. The average Bonchev–Trinajstić information content (AvgIpc) is 3.25. The molecule has 120 valence electrons. The second-order valence-electron chi connectivity index (χ2n) is 6.36. The van der Waals surface area contributed by atoms with Crippen molar-refractivity contribution in [2.75, 3.05) is 11.9 Å². The number of fused-ring (bicyclic) bond motifs is 2. The van der Waals surface area contributed by atoms with E-state index in [0.29, 0.717) is 12.6 Å². The van der Waals surface area contributed by atoms with Gasteiger partial charge in [-0.05, 0) is 25.0 Å². The number of carbonyl (C=O) groups is 1. The number of para-hydroxylation sites is 1. The molecule has 1 saturated carbocycles. The van der Waals surface area contributed by atoms with E-state index in [1.165, 1.54) is 6.92 Å². The SMILES string of the molecule is CC(=O)O[C@@H]1C[C@H]2C(=NC3CC3)Nc3ccccc3C(=S)N2C1. The fourth-order valence-corrected chi connectivity index (χ4v) is 3.65. The molecule has 1 aromatic carbocycles. The number of aliphatic imine (C=N–C) groups is 1. The highest BCUT2D eigenvalue weighted by atomic mass is 32.1. The van der Waals surface area contributed by atoms with Gasteiger partial charge in [-0.2, -0.15) is 0 Å². The van der Waals surface area contributed by atoms with Crippen LogP contribution in [0.25, 0.3) is 0 Å². The third-order valence-electron chi connectivity index (χ3n) is 4.46. The normalized spacial score (nSPS) is 28.0. The zero-order chi connectivity index (χ0) is 16.0. The van der Waals surface area contributed by atoms with Crippen LogP contribution in [0.15, 0.2) is 29.3 Å². The van der Waals surface area contributed by atoms with Crippen molar-refractivity contribution in [3.05, 3.63) is 29.8 Å². The molecule has 0 aromatic heterocycles. The molecule has 5 nitrogen and oxygen atoms in total. The van der Waals surface area contributed by atoms with Gasteiger partial charge in [0.15, 0.2) is 0 Å². The molecular weight excluding hydrogens is 310 g/mol. The Kier molecular flexibility index (Phi) is 3.56. The van der Waals surface area contributed by atoms with Crippen molar-refractivity contribution in [3.8, 4) is 0 Å². The van der Waals surface area contributed by atoms with Gasteiger partial charge < -0.3 is 15.0 Å². The van der Waals surface area contributed by atoms with E-state index in [9.17, 15) is 4.79 Å². The van der Waals surface area contributed by atoms with Gasteiger partial charge >= 0.3 is 5.97 Å². The lowest BCUT2D eigenvalue weighted by molar-refractivity contribution is -0.145. The standard InChI is InChI=1S/C17H19N3O2S/c1-10(21)22-12-8-15-16(18-11-6-7-11)19-14-5-3-2-4-13(14)17(23)20(15)9-12/h2-5,11-12,15H,6-9H2,1H3,(H,18,19)/t12-,15+/m1/s1. The van der Waals surface area contributed by atoms with Gasteiger partial charge in [0, 0.05) is 24.6 Å². The van der Waals surface area contributed by atoms with Crippen molar-refractivity contribution < 1.29 is 9.53 Å². The zero-order valence-electron chi connectivity index (χ0n) is 13.0. The largest absolute Gasteiger partial charge is 0.461 e. The Bertz CT molecular complexity index is 699. The summed E-state index contributed by atoms with van der Waals surface area (Å²) in [6.07, 6.45) is 2.90. The summed E-state index contributed by atoms with van der Waals surface area (Å²) in [7, 11) is 0. The number of benzene rings is 1. The first-order valence-corrected chi connectivity index (χ1v) is 8.44. The van der Waals surface area contributed by atoms with Crippen molar-refractivity contribution in [2.24, 2.45) is 4.99 Å². The molecule has 1 N–H and O–H groups in total. The summed E-state index contributed by atoms with van der Waals surface area (Å²) < 4.78 is 5.43. The Morgan fingerprint density at radius 1 is 1.39 bits per heavy atom. The van der Waals surface area contributed by atoms with Gasteiger partial charge in [0.2, 0.25) is 0 Å². The van der Waals surface area contributed by atoms with Gasteiger partial charge in [-0.1, -0.05) is 24.4 Å². The summed E-state index contributed by atoms with van der Waals surface area (Å²) in [6, 6.07) is 8.54. The van der Waals surface area contributed by atoms with Crippen molar-refractivity contribution in [1.29, 1.82) is 0 Å². The first-order valence-electron chi connectivity index (χ1n) is 8.04. The van der Waals surface area contributed by atoms with Crippen molar-refractivity contribution in [3.63, 3.8) is 0 Å². The predicted octanol–water partition coefficient (Wildman–Crippen LogP) is 2.35. The fourth-order valence-electron chi connectivity index (χ4n) is 3.27. The van der Waals surface area contributed by atoms with Gasteiger partial charge in [-0.15, -0.1) is 0 Å². The van der Waals surface area contributed by atoms with Gasteiger partial charge in [0.1, 0.15) is 16.9 Å². The fraction of sp³-hybridized carbons (Fsp3) is 0.471. The van der Waals surface area contributed by atoms with E-state index in [2.05, 4.69) is 10.2 Å². The summed E-state index contributed by atoms with van der Waals surface area (Å²) in [5, 5.41) is 3.49. The average molecular weight is 329 g/mol. The Balaban J connectivity index is 1.71. The van der Waals surface area contributed by atoms with Crippen molar-refractivity contribution in [2.45, 2.75) is 44.4 Å². The minimum atomic E-state index is -0.243. The number of ether oxygens (including phenoxy) is 1. The number of anilines is 1. The molecule has 3 aliphatic rings. The molecule has 2 fully saturated rings. The van der Waals surface area contributed by atoms with Crippen LogP contribution in [0.5, 0.6) is 0 Å². The van der Waals surface area contributed by atoms with Crippen molar-refractivity contribution in [1.82, 2.24) is 4.90 Å². The molecule has 0 radical (unpaired) electrons. The minimum absolute atomic E-state index is 0.0554. The van der Waals surface area contributed by atoms with Crippen LogP contribution in [-0.4, -0.2) is 46.4 Å². The number of nitrogens with one attached hydrogen (secondary N) is 1. The number of nitrogens with zero attached hydrogens (tertiary/aromatic N) is 2. The Morgan fingerprint density at radius 3 is 2.91 bits per heavy atom. The first-order chi connectivity index (χ1) is 11.1. The van der Waals surface area contributed by atoms with Crippen LogP contribution in [0.2, 0.25) is 0 Å². The van der Waals surface area contributed by atoms with Crippen LogP contribution in [-0.2, 0) is 9.53 Å². The quantitative estimate of drug-likeness (QED) is 0.667. The summed E-state index contributed by atoms with van der Waals surface area (Å²) in [5.41, 5.74) is 2.02. The number of carbonyl (C=O) groups excluding carboxylic acids is 1. The molecule has 1 saturated heterocycles. The van der Waals surface area contributed by atoms with E-state index in [-0.39, 0.29) is 18.1 Å². The second-order valence-corrected chi connectivity index (χ2v) is 6.74. The monoisotopic (exact) mass is 329 g/mol. The lowest BCUT2D eigenvalue weighted by Crippen LogP contribution is -2.40. The van der Waals surface area contributed by atoms with Crippen LogP contribution < -0.4 is 5.32 Å². The highest BCUT2D eigenvalue weighted by molar-refractivity contribution is 7.80. The maximum absolute atomic E-state index is 11.3. The molecule has 0 amide bonds. The van der Waals surface area contributed by atoms with Crippen LogP contribution in [0.3, 0.4) is 0 Å². The molecule has 2 heterocycles. The van der Waals surface area contributed by atoms with E-state index < -0.39 is 0 Å². The Hall–Kier alpha value is -1.95. The summed E-state index contributed by atoms with van der Waals surface area (Å²) >= 11 is 5.72. The van der Waals surface area contributed by atoms with Gasteiger partial charge in [-0.25, -0.2) is 0 Å². The zero-order valence-corrected chi connectivity index (χ0v) is 13.8.